The molecule has 1 fully saturated rings. The smallest absolute Gasteiger partial charge is 0.0571 e. The molecular formula is C11H18N2O. The first-order valence-corrected chi connectivity index (χ1v) is 5.41. The molecule has 0 amide bonds. The molecule has 2 atom stereocenters. The molecule has 1 aliphatic carbocycles. The molecule has 1 heterocycles. The highest BCUT2D eigenvalue weighted by molar-refractivity contribution is 5.05. The second-order valence-electron chi connectivity index (χ2n) is 4.34. The lowest BCUT2D eigenvalue weighted by atomic mass is 9.83. The fraction of sp³-hybridized carbons (Fsp3) is 0.727. The highest BCUT2D eigenvalue weighted by Crippen LogP contribution is 2.27. The van der Waals surface area contributed by atoms with Crippen molar-refractivity contribution >= 4 is 0 Å². The molecule has 1 saturated carbocycles. The average Bonchev–Trinajstić information content (AvgIpc) is 2.56. The number of aromatic nitrogens is 2. The van der Waals surface area contributed by atoms with Crippen molar-refractivity contribution in [3.8, 4) is 0 Å². The van der Waals surface area contributed by atoms with Crippen LogP contribution >= 0.6 is 0 Å². The maximum atomic E-state index is 9.81. The van der Waals surface area contributed by atoms with Crippen LogP contribution in [0.1, 0.15) is 31.2 Å². The Kier molecular flexibility index (Phi) is 2.87. The van der Waals surface area contributed by atoms with Gasteiger partial charge in [-0.3, -0.25) is 4.68 Å². The summed E-state index contributed by atoms with van der Waals surface area (Å²) >= 11 is 0. The molecule has 1 aromatic heterocycles. The van der Waals surface area contributed by atoms with E-state index in [-0.39, 0.29) is 6.10 Å². The number of aliphatic hydroxyl groups is 1. The van der Waals surface area contributed by atoms with E-state index in [9.17, 15) is 5.11 Å². The molecule has 0 saturated heterocycles. The van der Waals surface area contributed by atoms with Gasteiger partial charge in [0.2, 0.25) is 0 Å². The SMILES string of the molecule is Cn1cc(CC2CCCCC2O)cn1. The number of rotatable bonds is 2. The number of nitrogens with zero attached hydrogens (tertiary/aromatic N) is 2. The molecule has 0 bridgehead atoms. The molecule has 2 rings (SSSR count). The lowest BCUT2D eigenvalue weighted by molar-refractivity contribution is 0.0700. The van der Waals surface area contributed by atoms with Crippen molar-refractivity contribution < 1.29 is 5.11 Å². The lowest BCUT2D eigenvalue weighted by Gasteiger charge is -2.26. The summed E-state index contributed by atoms with van der Waals surface area (Å²) in [5.41, 5.74) is 1.25. The summed E-state index contributed by atoms with van der Waals surface area (Å²) in [7, 11) is 1.93. The lowest BCUT2D eigenvalue weighted by Crippen LogP contribution is -2.25. The van der Waals surface area contributed by atoms with Crippen LogP contribution in [0.25, 0.3) is 0 Å². The van der Waals surface area contributed by atoms with Gasteiger partial charge in [-0.1, -0.05) is 12.8 Å². The van der Waals surface area contributed by atoms with Crippen LogP contribution in [-0.4, -0.2) is 21.0 Å². The van der Waals surface area contributed by atoms with Crippen LogP contribution in [-0.2, 0) is 13.5 Å². The topological polar surface area (TPSA) is 38.0 Å². The highest BCUT2D eigenvalue weighted by Gasteiger charge is 2.23. The van der Waals surface area contributed by atoms with Crippen molar-refractivity contribution in [2.24, 2.45) is 13.0 Å². The Morgan fingerprint density at radius 2 is 2.29 bits per heavy atom. The molecular weight excluding hydrogens is 176 g/mol. The molecule has 1 N–H and O–H groups in total. The first-order chi connectivity index (χ1) is 6.75. The monoisotopic (exact) mass is 194 g/mol. The van der Waals surface area contributed by atoms with E-state index in [1.165, 1.54) is 18.4 Å². The molecule has 3 heteroatoms. The minimum Gasteiger partial charge on any atom is -0.393 e. The van der Waals surface area contributed by atoms with Gasteiger partial charge in [0, 0.05) is 13.2 Å². The Labute approximate surface area is 84.7 Å². The molecule has 14 heavy (non-hydrogen) atoms. The maximum absolute atomic E-state index is 9.81. The Morgan fingerprint density at radius 1 is 1.50 bits per heavy atom. The van der Waals surface area contributed by atoms with Crippen LogP contribution in [0.4, 0.5) is 0 Å². The van der Waals surface area contributed by atoms with Crippen LogP contribution in [0, 0.1) is 5.92 Å². The van der Waals surface area contributed by atoms with Gasteiger partial charge >= 0.3 is 0 Å². The second-order valence-corrected chi connectivity index (χ2v) is 4.34. The predicted molar refractivity (Wildman–Crippen MR) is 54.9 cm³/mol. The largest absolute Gasteiger partial charge is 0.393 e. The molecule has 1 aliphatic rings. The fourth-order valence-corrected chi connectivity index (χ4v) is 2.31. The summed E-state index contributed by atoms with van der Waals surface area (Å²) in [5, 5.41) is 14.0. The molecule has 78 valence electrons. The molecule has 3 nitrogen and oxygen atoms in total. The van der Waals surface area contributed by atoms with Crippen molar-refractivity contribution in [2.45, 2.75) is 38.2 Å². The molecule has 1 aromatic rings. The summed E-state index contributed by atoms with van der Waals surface area (Å²) in [6.07, 6.45) is 9.43. The van der Waals surface area contributed by atoms with Gasteiger partial charge in [0.05, 0.1) is 12.3 Å². The Balaban J connectivity index is 1.95. The second kappa shape index (κ2) is 4.13. The van der Waals surface area contributed by atoms with Crippen molar-refractivity contribution in [1.29, 1.82) is 0 Å². The molecule has 0 radical (unpaired) electrons. The van der Waals surface area contributed by atoms with E-state index >= 15 is 0 Å². The minimum absolute atomic E-state index is 0.0936. The molecule has 0 aromatic carbocycles. The third-order valence-corrected chi connectivity index (χ3v) is 3.13. The number of aryl methyl sites for hydroxylation is 1. The van der Waals surface area contributed by atoms with Gasteiger partial charge in [0.15, 0.2) is 0 Å². The zero-order valence-electron chi connectivity index (χ0n) is 8.69. The number of aliphatic hydroxyl groups excluding tert-OH is 1. The fourth-order valence-electron chi connectivity index (χ4n) is 2.31. The van der Waals surface area contributed by atoms with Crippen molar-refractivity contribution in [3.05, 3.63) is 18.0 Å². The zero-order chi connectivity index (χ0) is 9.97. The van der Waals surface area contributed by atoms with E-state index in [4.69, 9.17) is 0 Å². The Morgan fingerprint density at radius 3 is 2.93 bits per heavy atom. The van der Waals surface area contributed by atoms with Gasteiger partial charge in [-0.05, 0) is 30.7 Å². The standard InChI is InChI=1S/C11H18N2O/c1-13-8-9(7-12-13)6-10-4-2-3-5-11(10)14/h7-8,10-11,14H,2-6H2,1H3. The van der Waals surface area contributed by atoms with Gasteiger partial charge < -0.3 is 5.11 Å². The van der Waals surface area contributed by atoms with E-state index in [1.807, 2.05) is 24.1 Å². The molecule has 2 unspecified atom stereocenters. The maximum Gasteiger partial charge on any atom is 0.0571 e. The number of hydrogen-bond acceptors (Lipinski definition) is 2. The van der Waals surface area contributed by atoms with E-state index in [2.05, 4.69) is 5.10 Å². The van der Waals surface area contributed by atoms with Crippen molar-refractivity contribution in [3.63, 3.8) is 0 Å². The van der Waals surface area contributed by atoms with Crippen LogP contribution in [0.2, 0.25) is 0 Å². The molecule has 0 spiro atoms. The van der Waals surface area contributed by atoms with E-state index in [0.717, 1.165) is 19.3 Å². The average molecular weight is 194 g/mol. The normalized spacial score (nSPS) is 27.9. The predicted octanol–water partition coefficient (Wildman–Crippen LogP) is 1.51. The third-order valence-electron chi connectivity index (χ3n) is 3.13. The Hall–Kier alpha value is -0.830. The quantitative estimate of drug-likeness (QED) is 0.775. The summed E-state index contributed by atoms with van der Waals surface area (Å²) < 4.78 is 1.82. The van der Waals surface area contributed by atoms with E-state index in [1.54, 1.807) is 0 Å². The Bertz CT molecular complexity index is 295. The van der Waals surface area contributed by atoms with Crippen molar-refractivity contribution in [1.82, 2.24) is 9.78 Å². The molecule has 0 aliphatic heterocycles. The van der Waals surface area contributed by atoms with Gasteiger partial charge in [0.1, 0.15) is 0 Å². The summed E-state index contributed by atoms with van der Waals surface area (Å²) in [6.45, 7) is 0. The van der Waals surface area contributed by atoms with Gasteiger partial charge in [-0.15, -0.1) is 0 Å². The van der Waals surface area contributed by atoms with Gasteiger partial charge in [-0.25, -0.2) is 0 Å². The van der Waals surface area contributed by atoms with Crippen LogP contribution in [0.5, 0.6) is 0 Å². The first kappa shape index (κ1) is 9.71. The zero-order valence-corrected chi connectivity index (χ0v) is 8.69. The van der Waals surface area contributed by atoms with E-state index < -0.39 is 0 Å². The highest BCUT2D eigenvalue weighted by atomic mass is 16.3. The summed E-state index contributed by atoms with van der Waals surface area (Å²) in [6, 6.07) is 0. The number of hydrogen-bond donors (Lipinski definition) is 1. The van der Waals surface area contributed by atoms with Gasteiger partial charge in [-0.2, -0.15) is 5.10 Å². The summed E-state index contributed by atoms with van der Waals surface area (Å²) in [5.74, 6) is 0.452. The minimum atomic E-state index is -0.0936. The van der Waals surface area contributed by atoms with Gasteiger partial charge in [0.25, 0.3) is 0 Å². The van der Waals surface area contributed by atoms with E-state index in [0.29, 0.717) is 5.92 Å². The summed E-state index contributed by atoms with van der Waals surface area (Å²) in [4.78, 5) is 0. The van der Waals surface area contributed by atoms with Crippen LogP contribution in [0.3, 0.4) is 0 Å². The first-order valence-electron chi connectivity index (χ1n) is 5.41. The van der Waals surface area contributed by atoms with Crippen molar-refractivity contribution in [2.75, 3.05) is 0 Å². The van der Waals surface area contributed by atoms with Crippen LogP contribution in [0.15, 0.2) is 12.4 Å². The van der Waals surface area contributed by atoms with Crippen LogP contribution < -0.4 is 0 Å². The third kappa shape index (κ3) is 2.15.